The molecule has 0 aliphatic heterocycles. The third-order valence-electron chi connectivity index (χ3n) is 1.44. The van der Waals surface area contributed by atoms with Gasteiger partial charge in [-0.3, -0.25) is 0 Å². The highest BCUT2D eigenvalue weighted by Gasteiger charge is 2.16. The van der Waals surface area contributed by atoms with Gasteiger partial charge < -0.3 is 15.2 Å². The maximum Gasteiger partial charge on any atom is 0.434 e. The Morgan fingerprint density at radius 1 is 1.85 bits per heavy atom. The number of nitrogens with zero attached hydrogens (tertiary/aromatic N) is 3. The Labute approximate surface area is 87.9 Å². The summed E-state index contributed by atoms with van der Waals surface area (Å²) in [7, 11) is 0. The zero-order chi connectivity index (χ0) is 9.84. The summed E-state index contributed by atoms with van der Waals surface area (Å²) in [6.07, 6.45) is 2.25. The molecule has 13 heavy (non-hydrogen) atoms. The Hall–Kier alpha value is -0.700. The molecule has 0 radical (unpaired) electrons. The van der Waals surface area contributed by atoms with Crippen LogP contribution in [0.25, 0.3) is 0 Å². The standard InChI is InChI=1S/C6H8IN3O3/c7-3-5(11)4-9-2-1-8-6(9)10(12)13/h1-2,5,11H,3-4H2. The minimum Gasteiger partial charge on any atom is -0.390 e. The average molecular weight is 297 g/mol. The van der Waals surface area contributed by atoms with Crippen molar-refractivity contribution in [3.63, 3.8) is 0 Å². The van der Waals surface area contributed by atoms with Crippen molar-refractivity contribution in [3.8, 4) is 0 Å². The molecule has 1 rings (SSSR count). The van der Waals surface area contributed by atoms with Gasteiger partial charge in [-0.05, 0) is 4.92 Å². The largest absolute Gasteiger partial charge is 0.434 e. The van der Waals surface area contributed by atoms with Crippen LogP contribution in [0.1, 0.15) is 0 Å². The lowest BCUT2D eigenvalue weighted by atomic mass is 10.4. The Kier molecular flexibility index (Phi) is 3.60. The molecule has 0 saturated carbocycles. The lowest BCUT2D eigenvalue weighted by molar-refractivity contribution is -0.396. The summed E-state index contributed by atoms with van der Waals surface area (Å²) >= 11 is 2.01. The predicted octanol–water partition coefficient (Wildman–Crippen LogP) is 0.587. The van der Waals surface area contributed by atoms with Gasteiger partial charge in [-0.2, -0.15) is 0 Å². The van der Waals surface area contributed by atoms with Gasteiger partial charge in [0.15, 0.2) is 0 Å². The highest BCUT2D eigenvalue weighted by Crippen LogP contribution is 2.08. The van der Waals surface area contributed by atoms with Gasteiger partial charge in [-0.15, -0.1) is 0 Å². The molecule has 0 aliphatic rings. The fourth-order valence-corrected chi connectivity index (χ4v) is 1.17. The molecule has 1 heterocycles. The van der Waals surface area contributed by atoms with Crippen molar-refractivity contribution in [2.45, 2.75) is 12.6 Å². The Morgan fingerprint density at radius 2 is 2.54 bits per heavy atom. The topological polar surface area (TPSA) is 81.2 Å². The van der Waals surface area contributed by atoms with Crippen molar-refractivity contribution in [3.05, 3.63) is 22.5 Å². The van der Waals surface area contributed by atoms with Crippen LogP contribution in [-0.2, 0) is 6.54 Å². The maximum atomic E-state index is 10.4. The summed E-state index contributed by atoms with van der Waals surface area (Å²) in [4.78, 5) is 13.4. The molecule has 72 valence electrons. The molecule has 1 N–H and O–H groups in total. The van der Waals surface area contributed by atoms with Crippen LogP contribution in [0.3, 0.4) is 0 Å². The van der Waals surface area contributed by atoms with E-state index in [1.807, 2.05) is 22.6 Å². The van der Waals surface area contributed by atoms with Crippen molar-refractivity contribution in [2.75, 3.05) is 4.43 Å². The number of aliphatic hydroxyl groups excluding tert-OH is 1. The number of imidazole rings is 1. The molecule has 6 nitrogen and oxygen atoms in total. The van der Waals surface area contributed by atoms with Crippen LogP contribution in [0.4, 0.5) is 5.95 Å². The van der Waals surface area contributed by atoms with Crippen molar-refractivity contribution >= 4 is 28.5 Å². The quantitative estimate of drug-likeness (QED) is 0.381. The molecule has 7 heteroatoms. The van der Waals surface area contributed by atoms with E-state index in [9.17, 15) is 15.2 Å². The molecule has 1 aromatic rings. The number of hydrogen-bond acceptors (Lipinski definition) is 4. The van der Waals surface area contributed by atoms with E-state index in [2.05, 4.69) is 4.98 Å². The molecular formula is C6H8IN3O3. The summed E-state index contributed by atoms with van der Waals surface area (Å²) in [5.74, 6) is -0.232. The van der Waals surface area contributed by atoms with E-state index in [0.717, 1.165) is 0 Å². The molecule has 0 bridgehead atoms. The first kappa shape index (κ1) is 10.4. The second kappa shape index (κ2) is 4.51. The van der Waals surface area contributed by atoms with Crippen LogP contribution >= 0.6 is 22.6 Å². The van der Waals surface area contributed by atoms with E-state index in [4.69, 9.17) is 0 Å². The molecule has 0 spiro atoms. The first-order valence-electron chi connectivity index (χ1n) is 3.54. The van der Waals surface area contributed by atoms with Crippen LogP contribution in [0.5, 0.6) is 0 Å². The number of nitro groups is 1. The number of halogens is 1. The Balaban J connectivity index is 2.76. The van der Waals surface area contributed by atoms with Gasteiger partial charge in [0, 0.05) is 4.43 Å². The smallest absolute Gasteiger partial charge is 0.390 e. The summed E-state index contributed by atoms with van der Waals surface area (Å²) < 4.78 is 1.86. The van der Waals surface area contributed by atoms with Crippen molar-refractivity contribution in [1.29, 1.82) is 0 Å². The van der Waals surface area contributed by atoms with Crippen LogP contribution in [0.2, 0.25) is 0 Å². The van der Waals surface area contributed by atoms with Crippen molar-refractivity contribution in [1.82, 2.24) is 9.55 Å². The first-order valence-corrected chi connectivity index (χ1v) is 5.07. The number of alkyl halides is 1. The fraction of sp³-hybridized carbons (Fsp3) is 0.500. The summed E-state index contributed by atoms with van der Waals surface area (Å²) in [5.41, 5.74) is 0. The second-order valence-electron chi connectivity index (χ2n) is 2.44. The number of aromatic nitrogens is 2. The highest BCUT2D eigenvalue weighted by molar-refractivity contribution is 14.1. The van der Waals surface area contributed by atoms with E-state index < -0.39 is 11.0 Å². The molecule has 1 unspecified atom stereocenters. The van der Waals surface area contributed by atoms with Gasteiger partial charge in [-0.1, -0.05) is 27.6 Å². The predicted molar refractivity (Wildman–Crippen MR) is 53.8 cm³/mol. The zero-order valence-electron chi connectivity index (χ0n) is 6.63. The van der Waals surface area contributed by atoms with Crippen LogP contribution in [0, 0.1) is 10.1 Å². The van der Waals surface area contributed by atoms with E-state index in [0.29, 0.717) is 4.43 Å². The van der Waals surface area contributed by atoms with E-state index in [1.165, 1.54) is 17.0 Å². The minimum atomic E-state index is -0.575. The molecule has 0 saturated heterocycles. The molecule has 0 aromatic carbocycles. The lowest BCUT2D eigenvalue weighted by Crippen LogP contribution is -2.17. The first-order chi connectivity index (χ1) is 6.15. The molecular weight excluding hydrogens is 289 g/mol. The normalized spacial score (nSPS) is 12.8. The second-order valence-corrected chi connectivity index (χ2v) is 3.33. The maximum absolute atomic E-state index is 10.4. The number of hydrogen-bond donors (Lipinski definition) is 1. The number of aliphatic hydroxyl groups is 1. The van der Waals surface area contributed by atoms with E-state index >= 15 is 0 Å². The monoisotopic (exact) mass is 297 g/mol. The summed E-state index contributed by atoms with van der Waals surface area (Å²) in [6.45, 7) is 0.208. The van der Waals surface area contributed by atoms with Crippen LogP contribution in [0.15, 0.2) is 12.4 Å². The highest BCUT2D eigenvalue weighted by atomic mass is 127. The van der Waals surface area contributed by atoms with E-state index in [1.54, 1.807) is 0 Å². The fourth-order valence-electron chi connectivity index (χ4n) is 0.892. The van der Waals surface area contributed by atoms with Gasteiger partial charge in [0.1, 0.15) is 12.4 Å². The molecule has 0 amide bonds. The summed E-state index contributed by atoms with van der Waals surface area (Å²) in [6, 6.07) is 0. The van der Waals surface area contributed by atoms with E-state index in [-0.39, 0.29) is 12.5 Å². The number of rotatable bonds is 4. The lowest BCUT2D eigenvalue weighted by Gasteiger charge is -2.05. The molecule has 1 atom stereocenters. The Morgan fingerprint density at radius 3 is 3.08 bits per heavy atom. The van der Waals surface area contributed by atoms with Crippen molar-refractivity contribution in [2.24, 2.45) is 0 Å². The minimum absolute atomic E-state index is 0.208. The van der Waals surface area contributed by atoms with Crippen LogP contribution < -0.4 is 0 Å². The molecule has 0 fully saturated rings. The van der Waals surface area contributed by atoms with Gasteiger partial charge in [-0.25, -0.2) is 4.57 Å². The van der Waals surface area contributed by atoms with Gasteiger partial charge >= 0.3 is 5.95 Å². The third kappa shape index (κ3) is 2.62. The zero-order valence-corrected chi connectivity index (χ0v) is 8.79. The van der Waals surface area contributed by atoms with Crippen molar-refractivity contribution < 1.29 is 10.0 Å². The molecule has 1 aromatic heterocycles. The van der Waals surface area contributed by atoms with Crippen LogP contribution in [-0.4, -0.2) is 30.1 Å². The third-order valence-corrected chi connectivity index (χ3v) is 2.46. The summed E-state index contributed by atoms with van der Waals surface area (Å²) in [5, 5.41) is 19.6. The SMILES string of the molecule is O=[N+]([O-])c1nccn1CC(O)CI. The Bertz CT molecular complexity index is 301. The van der Waals surface area contributed by atoms with Gasteiger partial charge in [0.25, 0.3) is 0 Å². The van der Waals surface area contributed by atoms with Gasteiger partial charge in [0.05, 0.1) is 12.6 Å². The molecule has 0 aliphatic carbocycles. The van der Waals surface area contributed by atoms with Gasteiger partial charge in [0.2, 0.25) is 0 Å². The average Bonchev–Trinajstić information content (AvgIpc) is 2.52.